The number of carbonyl (C=O) groups is 3. The molecule has 114 valence electrons. The van der Waals surface area contributed by atoms with Gasteiger partial charge < -0.3 is 11.1 Å². The van der Waals surface area contributed by atoms with Crippen LogP contribution in [0.25, 0.3) is 0 Å². The van der Waals surface area contributed by atoms with Crippen molar-refractivity contribution in [2.75, 3.05) is 0 Å². The molecule has 0 saturated carbocycles. The lowest BCUT2D eigenvalue weighted by Crippen LogP contribution is -2.49. The first-order chi connectivity index (χ1) is 9.93. The van der Waals surface area contributed by atoms with Crippen molar-refractivity contribution in [3.63, 3.8) is 0 Å². The number of rotatable bonds is 8. The number of primary amides is 1. The maximum absolute atomic E-state index is 12.1. The lowest BCUT2D eigenvalue weighted by Gasteiger charge is -2.19. The number of nitrogens with two attached hydrogens (primary N) is 1. The zero-order valence-electron chi connectivity index (χ0n) is 11.3. The zero-order valence-corrected chi connectivity index (χ0v) is 13.3. The van der Waals surface area contributed by atoms with Crippen LogP contribution in [0.5, 0.6) is 0 Å². The summed E-state index contributed by atoms with van der Waals surface area (Å²) in [4.78, 5) is 34.3. The van der Waals surface area contributed by atoms with Crippen LogP contribution < -0.4 is 16.1 Å². The average molecular weight is 327 g/mol. The molecule has 0 radical (unpaired) electrons. The smallest absolute Gasteiger partial charge is 0.238 e. The highest BCUT2D eigenvalue weighted by Crippen LogP contribution is 2.06. The second-order valence-electron chi connectivity index (χ2n) is 4.48. The molecule has 0 aliphatic rings. The summed E-state index contributed by atoms with van der Waals surface area (Å²) < 4.78 is 0. The van der Waals surface area contributed by atoms with Crippen LogP contribution in [0.2, 0.25) is 0 Å². The van der Waals surface area contributed by atoms with Gasteiger partial charge in [-0.05, 0) is 12.0 Å². The van der Waals surface area contributed by atoms with Crippen molar-refractivity contribution in [3.8, 4) is 0 Å². The summed E-state index contributed by atoms with van der Waals surface area (Å²) in [6.07, 6.45) is 0.170. The third-order valence-electron chi connectivity index (χ3n) is 2.82. The van der Waals surface area contributed by atoms with Crippen molar-refractivity contribution < 1.29 is 14.4 Å². The van der Waals surface area contributed by atoms with Crippen LogP contribution in [-0.2, 0) is 20.8 Å². The minimum Gasteiger partial charge on any atom is -0.370 e. The van der Waals surface area contributed by atoms with Crippen LogP contribution in [0, 0.1) is 0 Å². The highest BCUT2D eigenvalue weighted by Gasteiger charge is 2.24. The highest BCUT2D eigenvalue weighted by atomic mass is 32.1. The number of nitrogens with one attached hydrogen (secondary N) is 2. The molecule has 1 aromatic rings. The van der Waals surface area contributed by atoms with Crippen LogP contribution in [-0.4, -0.2) is 29.0 Å². The van der Waals surface area contributed by atoms with E-state index in [9.17, 15) is 14.4 Å². The van der Waals surface area contributed by atoms with Crippen molar-refractivity contribution >= 4 is 38.9 Å². The summed E-state index contributed by atoms with van der Waals surface area (Å²) in [6, 6.07) is 7.85. The molecule has 21 heavy (non-hydrogen) atoms. The Morgan fingerprint density at radius 1 is 1.19 bits per heavy atom. The van der Waals surface area contributed by atoms with E-state index in [1.807, 2.05) is 30.3 Å². The quantitative estimate of drug-likeness (QED) is 0.392. The van der Waals surface area contributed by atoms with Gasteiger partial charge in [-0.15, -0.1) is 12.6 Å². The van der Waals surface area contributed by atoms with Gasteiger partial charge in [0.1, 0.15) is 6.04 Å². The predicted octanol–water partition coefficient (Wildman–Crippen LogP) is -0.206. The number of thiol groups is 1. The molecule has 2 amide bonds. The molecular weight excluding hydrogens is 309 g/mol. The monoisotopic (exact) mass is 327 g/mol. The summed E-state index contributed by atoms with van der Waals surface area (Å²) in [7, 11) is 2.27. The maximum atomic E-state index is 12.1. The third-order valence-corrected chi connectivity index (χ3v) is 3.53. The van der Waals surface area contributed by atoms with E-state index in [1.54, 1.807) is 0 Å². The Morgan fingerprint density at radius 3 is 2.29 bits per heavy atom. The Morgan fingerprint density at radius 2 is 1.81 bits per heavy atom. The van der Waals surface area contributed by atoms with Crippen LogP contribution in [0.1, 0.15) is 12.0 Å². The SMILES string of the molecule is NC(=O)C[C@H](NC(=O)[C@H](Cc1ccccc1)NP)C(=O)S. The zero-order chi connectivity index (χ0) is 15.8. The molecule has 8 heteroatoms. The van der Waals surface area contributed by atoms with Crippen LogP contribution in [0.3, 0.4) is 0 Å². The van der Waals surface area contributed by atoms with Crippen LogP contribution in [0.4, 0.5) is 0 Å². The Kier molecular flexibility index (Phi) is 7.36. The van der Waals surface area contributed by atoms with Gasteiger partial charge in [-0.3, -0.25) is 19.5 Å². The van der Waals surface area contributed by atoms with Crippen molar-refractivity contribution in [2.24, 2.45) is 5.73 Å². The largest absolute Gasteiger partial charge is 0.370 e. The first-order valence-corrected chi connectivity index (χ1v) is 7.28. The predicted molar refractivity (Wildman–Crippen MR) is 86.5 cm³/mol. The van der Waals surface area contributed by atoms with E-state index in [1.165, 1.54) is 0 Å². The minimum absolute atomic E-state index is 0.275. The molecule has 0 bridgehead atoms. The standard InChI is InChI=1S/C13H18N3O3PS/c14-11(17)7-10(13(19)21)15-12(18)9(16-20)6-8-4-2-1-3-5-8/h1-5,9-10,16H,6-7,20H2,(H2,14,17)(H,15,18)(H,19,21)/t9-,10-/m0/s1. The summed E-state index contributed by atoms with van der Waals surface area (Å²) in [5, 5.41) is 4.67. The fourth-order valence-corrected chi connectivity index (χ4v) is 2.18. The molecule has 0 aromatic heterocycles. The molecule has 1 unspecified atom stereocenters. The van der Waals surface area contributed by atoms with Gasteiger partial charge in [0.15, 0.2) is 0 Å². The van der Waals surface area contributed by atoms with Gasteiger partial charge in [0.2, 0.25) is 16.9 Å². The van der Waals surface area contributed by atoms with Crippen LogP contribution in [0.15, 0.2) is 30.3 Å². The van der Waals surface area contributed by atoms with Gasteiger partial charge in [-0.2, -0.15) is 0 Å². The van der Waals surface area contributed by atoms with E-state index in [4.69, 9.17) is 5.73 Å². The van der Waals surface area contributed by atoms with Crippen molar-refractivity contribution in [1.82, 2.24) is 10.4 Å². The van der Waals surface area contributed by atoms with E-state index in [-0.39, 0.29) is 6.42 Å². The number of amides is 2. The molecule has 1 aromatic carbocycles. The summed E-state index contributed by atoms with van der Waals surface area (Å²) >= 11 is 3.65. The molecule has 6 nitrogen and oxygen atoms in total. The van der Waals surface area contributed by atoms with E-state index in [0.717, 1.165) is 5.56 Å². The molecule has 0 heterocycles. The fraction of sp³-hybridized carbons (Fsp3) is 0.308. The molecule has 4 N–H and O–H groups in total. The normalized spacial score (nSPS) is 13.2. The second kappa shape index (κ2) is 8.77. The average Bonchev–Trinajstić information content (AvgIpc) is 2.44. The lowest BCUT2D eigenvalue weighted by atomic mass is 10.1. The summed E-state index contributed by atoms with van der Waals surface area (Å²) in [5.41, 5.74) is 6.01. The van der Waals surface area contributed by atoms with Gasteiger partial charge in [0, 0.05) is 0 Å². The van der Waals surface area contributed by atoms with Gasteiger partial charge in [-0.25, -0.2) is 0 Å². The third kappa shape index (κ3) is 6.25. The Hall–Kier alpha value is -1.43. The second-order valence-corrected chi connectivity index (χ2v) is 5.25. The van der Waals surface area contributed by atoms with E-state index in [0.29, 0.717) is 6.42 Å². The molecule has 3 atom stereocenters. The first kappa shape index (κ1) is 17.6. The van der Waals surface area contributed by atoms with E-state index >= 15 is 0 Å². The first-order valence-electron chi connectivity index (χ1n) is 6.25. The Labute approximate surface area is 130 Å². The molecule has 0 aliphatic carbocycles. The molecule has 0 spiro atoms. The van der Waals surface area contributed by atoms with Crippen LogP contribution >= 0.6 is 22.0 Å². The van der Waals surface area contributed by atoms with Gasteiger partial charge in [-0.1, -0.05) is 39.7 Å². The number of carbonyl (C=O) groups excluding carboxylic acids is 3. The summed E-state index contributed by atoms with van der Waals surface area (Å²) in [6.45, 7) is 0. The van der Waals surface area contributed by atoms with Gasteiger partial charge in [0.05, 0.1) is 12.5 Å². The molecule has 0 fully saturated rings. The molecule has 1 rings (SSSR count). The molecule has 0 aliphatic heterocycles. The van der Waals surface area contributed by atoms with Crippen molar-refractivity contribution in [2.45, 2.75) is 24.9 Å². The van der Waals surface area contributed by atoms with E-state index in [2.05, 4.69) is 32.4 Å². The number of hydrogen-bond donors (Lipinski definition) is 4. The van der Waals surface area contributed by atoms with Crippen molar-refractivity contribution in [1.29, 1.82) is 0 Å². The number of benzene rings is 1. The van der Waals surface area contributed by atoms with E-state index < -0.39 is 29.0 Å². The minimum atomic E-state index is -1.02. The number of hydrogen-bond acceptors (Lipinski definition) is 4. The topological polar surface area (TPSA) is 101 Å². The summed E-state index contributed by atoms with van der Waals surface area (Å²) in [5.74, 6) is -1.08. The highest BCUT2D eigenvalue weighted by molar-refractivity contribution is 7.96. The Bertz CT molecular complexity index is 513. The van der Waals surface area contributed by atoms with Gasteiger partial charge >= 0.3 is 0 Å². The maximum Gasteiger partial charge on any atom is 0.238 e. The fourth-order valence-electron chi connectivity index (χ4n) is 1.75. The molecule has 0 saturated heterocycles. The molecular formula is C13H18N3O3PS. The van der Waals surface area contributed by atoms with Crippen molar-refractivity contribution in [3.05, 3.63) is 35.9 Å². The van der Waals surface area contributed by atoms with Gasteiger partial charge in [0.25, 0.3) is 0 Å². The Balaban J connectivity index is 2.69. The lowest BCUT2D eigenvalue weighted by molar-refractivity contribution is -0.127.